The molecule has 0 saturated heterocycles. The predicted molar refractivity (Wildman–Crippen MR) is 108 cm³/mol. The molecule has 0 fully saturated rings. The number of Topliss-reactive ketones (excluding diaryl/α,β-unsaturated/α-hetero) is 1. The lowest BCUT2D eigenvalue weighted by molar-refractivity contribution is -0.126. The average molecular weight is 424 g/mol. The average Bonchev–Trinajstić information content (AvgIpc) is 2.64. The van der Waals surface area contributed by atoms with Crippen LogP contribution in [0.4, 0.5) is 11.4 Å². The van der Waals surface area contributed by atoms with Gasteiger partial charge in [-0.1, -0.05) is 29.3 Å². The van der Waals surface area contributed by atoms with Gasteiger partial charge in [0.25, 0.3) is 5.91 Å². The molecule has 0 aliphatic rings. The molecule has 0 aliphatic carbocycles. The summed E-state index contributed by atoms with van der Waals surface area (Å²) in [5, 5.41) is 10.9. The summed E-state index contributed by atoms with van der Waals surface area (Å²) in [7, 11) is 2.90. The first-order valence-electron chi connectivity index (χ1n) is 8.16. The van der Waals surface area contributed by atoms with E-state index in [9.17, 15) is 9.59 Å². The number of azo groups is 1. The molecular weight excluding hydrogens is 405 g/mol. The van der Waals surface area contributed by atoms with Crippen LogP contribution < -0.4 is 14.8 Å². The maximum Gasteiger partial charge on any atom is 0.258 e. The van der Waals surface area contributed by atoms with E-state index >= 15 is 0 Å². The number of methoxy groups -OCH3 is 2. The number of carbonyl (C=O) groups excluding carboxylic acids is 2. The number of nitrogens with one attached hydrogen (secondary N) is 1. The third-order valence-electron chi connectivity index (χ3n) is 3.75. The molecule has 9 heteroatoms. The summed E-state index contributed by atoms with van der Waals surface area (Å²) in [6.45, 7) is 3.12. The minimum Gasteiger partial charge on any atom is -0.497 e. The number of rotatable bonds is 7. The fraction of sp³-hybridized carbons (Fsp3) is 0.263. The smallest absolute Gasteiger partial charge is 0.258 e. The van der Waals surface area contributed by atoms with Crippen LogP contribution in [-0.4, -0.2) is 32.0 Å². The Bertz CT molecular complexity index is 932. The first kappa shape index (κ1) is 21.7. The van der Waals surface area contributed by atoms with E-state index in [0.29, 0.717) is 16.5 Å². The number of halogens is 2. The van der Waals surface area contributed by atoms with Crippen molar-refractivity contribution in [1.82, 2.24) is 0 Å². The number of hydrogen-bond donors (Lipinski definition) is 1. The van der Waals surface area contributed by atoms with Crippen LogP contribution >= 0.6 is 23.2 Å². The zero-order valence-corrected chi connectivity index (χ0v) is 17.3. The minimum atomic E-state index is -1.37. The van der Waals surface area contributed by atoms with Crippen LogP contribution in [-0.2, 0) is 9.59 Å². The first-order valence-corrected chi connectivity index (χ1v) is 8.92. The molecule has 0 heterocycles. The van der Waals surface area contributed by atoms with Gasteiger partial charge in [-0.25, -0.2) is 0 Å². The van der Waals surface area contributed by atoms with E-state index < -0.39 is 17.7 Å². The lowest BCUT2D eigenvalue weighted by atomic mass is 10.2. The number of benzene rings is 2. The van der Waals surface area contributed by atoms with Crippen molar-refractivity contribution in [3.05, 3.63) is 45.9 Å². The predicted octanol–water partition coefficient (Wildman–Crippen LogP) is 5.00. The van der Waals surface area contributed by atoms with Crippen molar-refractivity contribution in [2.45, 2.75) is 19.9 Å². The minimum absolute atomic E-state index is 0.186. The van der Waals surface area contributed by atoms with Gasteiger partial charge < -0.3 is 14.8 Å². The zero-order chi connectivity index (χ0) is 20.8. The molecule has 0 radical (unpaired) electrons. The molecule has 2 aromatic carbocycles. The van der Waals surface area contributed by atoms with Gasteiger partial charge in [-0.2, -0.15) is 10.2 Å². The summed E-state index contributed by atoms with van der Waals surface area (Å²) in [5.74, 6) is -0.465. The summed E-state index contributed by atoms with van der Waals surface area (Å²) in [5.41, 5.74) is 1.50. The normalized spacial score (nSPS) is 11.9. The van der Waals surface area contributed by atoms with E-state index in [-0.39, 0.29) is 16.5 Å². The maximum atomic E-state index is 12.6. The number of ketones is 1. The molecule has 28 heavy (non-hydrogen) atoms. The molecular formula is C19H19Cl2N3O4. The van der Waals surface area contributed by atoms with Crippen LogP contribution in [0.3, 0.4) is 0 Å². The molecule has 7 nitrogen and oxygen atoms in total. The Hall–Kier alpha value is -2.64. The van der Waals surface area contributed by atoms with Gasteiger partial charge in [-0.05, 0) is 31.5 Å². The van der Waals surface area contributed by atoms with Gasteiger partial charge >= 0.3 is 0 Å². The van der Waals surface area contributed by atoms with Gasteiger partial charge in [0, 0.05) is 12.1 Å². The van der Waals surface area contributed by atoms with E-state index in [1.54, 1.807) is 24.3 Å². The topological polar surface area (TPSA) is 89.4 Å². The van der Waals surface area contributed by atoms with Gasteiger partial charge in [0.15, 0.2) is 5.78 Å². The van der Waals surface area contributed by atoms with Crippen molar-refractivity contribution in [1.29, 1.82) is 0 Å². The quantitative estimate of drug-likeness (QED) is 0.501. The highest BCUT2D eigenvalue weighted by Crippen LogP contribution is 2.37. The van der Waals surface area contributed by atoms with Crippen molar-refractivity contribution >= 4 is 46.3 Å². The highest BCUT2D eigenvalue weighted by molar-refractivity contribution is 6.34. The largest absolute Gasteiger partial charge is 0.497 e. The molecule has 0 aromatic heterocycles. The molecule has 2 aromatic rings. The Balaban J connectivity index is 2.29. The monoisotopic (exact) mass is 423 g/mol. The van der Waals surface area contributed by atoms with E-state index in [1.165, 1.54) is 27.2 Å². The maximum absolute atomic E-state index is 12.6. The van der Waals surface area contributed by atoms with Crippen LogP contribution in [0.5, 0.6) is 11.5 Å². The Morgan fingerprint density at radius 2 is 1.79 bits per heavy atom. The van der Waals surface area contributed by atoms with Gasteiger partial charge in [0.1, 0.15) is 22.9 Å². The number of aryl methyl sites for hydroxylation is 1. The molecule has 1 amide bonds. The fourth-order valence-corrected chi connectivity index (χ4v) is 2.80. The number of ether oxygens (including phenoxy) is 2. The summed E-state index contributed by atoms with van der Waals surface area (Å²) >= 11 is 12.3. The Morgan fingerprint density at radius 3 is 2.36 bits per heavy atom. The molecule has 0 bridgehead atoms. The molecule has 1 unspecified atom stereocenters. The van der Waals surface area contributed by atoms with E-state index in [4.69, 9.17) is 32.7 Å². The first-order chi connectivity index (χ1) is 13.3. The van der Waals surface area contributed by atoms with Crippen LogP contribution in [0.1, 0.15) is 12.5 Å². The van der Waals surface area contributed by atoms with Crippen LogP contribution in [0.2, 0.25) is 10.0 Å². The van der Waals surface area contributed by atoms with E-state index in [1.807, 2.05) is 6.92 Å². The number of carbonyl (C=O) groups is 2. The molecule has 148 valence electrons. The Kier molecular flexibility index (Phi) is 7.37. The van der Waals surface area contributed by atoms with Gasteiger partial charge in [-0.15, -0.1) is 0 Å². The van der Waals surface area contributed by atoms with Crippen LogP contribution in [0.25, 0.3) is 0 Å². The van der Waals surface area contributed by atoms with Crippen molar-refractivity contribution < 1.29 is 19.1 Å². The molecule has 1 atom stereocenters. The molecule has 0 saturated carbocycles. The molecule has 0 aliphatic heterocycles. The number of hydrogen-bond acceptors (Lipinski definition) is 6. The molecule has 1 N–H and O–H groups in total. The third-order valence-corrected chi connectivity index (χ3v) is 4.35. The fourth-order valence-electron chi connectivity index (χ4n) is 2.28. The van der Waals surface area contributed by atoms with Crippen LogP contribution in [0, 0.1) is 6.92 Å². The summed E-state index contributed by atoms with van der Waals surface area (Å²) in [4.78, 5) is 24.6. The van der Waals surface area contributed by atoms with E-state index in [2.05, 4.69) is 15.5 Å². The summed E-state index contributed by atoms with van der Waals surface area (Å²) in [6.07, 6.45) is 0. The molecule has 0 spiro atoms. The molecule has 2 rings (SSSR count). The van der Waals surface area contributed by atoms with Crippen molar-refractivity contribution in [3.8, 4) is 11.5 Å². The number of anilines is 1. The zero-order valence-electron chi connectivity index (χ0n) is 15.7. The van der Waals surface area contributed by atoms with Gasteiger partial charge in [0.2, 0.25) is 6.04 Å². The lowest BCUT2D eigenvalue weighted by Gasteiger charge is -2.15. The van der Waals surface area contributed by atoms with Gasteiger partial charge in [0.05, 0.1) is 24.3 Å². The SMILES string of the molecule is COc1cc(Cl)c(NC(=O)C(N=Nc2ccc(C)cc2Cl)C(C)=O)c(OC)c1. The highest BCUT2D eigenvalue weighted by Gasteiger charge is 2.25. The van der Waals surface area contributed by atoms with E-state index in [0.717, 1.165) is 5.56 Å². The summed E-state index contributed by atoms with van der Waals surface area (Å²) in [6, 6.07) is 6.85. The van der Waals surface area contributed by atoms with Crippen LogP contribution in [0.15, 0.2) is 40.6 Å². The second-order valence-corrected chi connectivity index (χ2v) is 6.67. The van der Waals surface area contributed by atoms with Crippen molar-refractivity contribution in [2.75, 3.05) is 19.5 Å². The second kappa shape index (κ2) is 9.52. The number of amides is 1. The summed E-state index contributed by atoms with van der Waals surface area (Å²) < 4.78 is 10.3. The number of nitrogens with zero attached hydrogens (tertiary/aromatic N) is 2. The lowest BCUT2D eigenvalue weighted by Crippen LogP contribution is -2.32. The van der Waals surface area contributed by atoms with Gasteiger partial charge in [-0.3, -0.25) is 9.59 Å². The Morgan fingerprint density at radius 1 is 1.07 bits per heavy atom. The second-order valence-electron chi connectivity index (χ2n) is 5.86. The Labute approximate surface area is 172 Å². The van der Waals surface area contributed by atoms with Crippen molar-refractivity contribution in [2.24, 2.45) is 10.2 Å². The highest BCUT2D eigenvalue weighted by atomic mass is 35.5. The standard InChI is InChI=1S/C19H19Cl2N3O4/c1-10-5-6-15(13(20)7-10)23-24-17(11(2)25)19(26)22-18-14(21)8-12(27-3)9-16(18)28-4/h5-9,17H,1-4H3,(H,22,26). The third kappa shape index (κ3) is 5.21. The van der Waals surface area contributed by atoms with Crippen molar-refractivity contribution in [3.63, 3.8) is 0 Å².